The Morgan fingerprint density at radius 3 is 1.69 bits per heavy atom. The zero-order chi connectivity index (χ0) is 26.9. The third kappa shape index (κ3) is 26.6. The van der Waals surface area contributed by atoms with E-state index in [1.165, 1.54) is 96.8 Å². The van der Waals surface area contributed by atoms with Crippen LogP contribution >= 0.6 is 7.60 Å². The molecule has 0 bridgehead atoms. The predicted molar refractivity (Wildman–Crippen MR) is 150 cm³/mol. The Bertz CT molecular complexity index is 546. The van der Waals surface area contributed by atoms with Crippen molar-refractivity contribution in [1.82, 2.24) is 4.90 Å². The minimum absolute atomic E-state index is 0.0814. The van der Waals surface area contributed by atoms with Crippen molar-refractivity contribution in [2.45, 2.75) is 129 Å². The van der Waals surface area contributed by atoms with Gasteiger partial charge in [-0.25, -0.2) is 0 Å². The van der Waals surface area contributed by atoms with Crippen molar-refractivity contribution in [3.63, 3.8) is 0 Å². The Morgan fingerprint density at radius 1 is 0.778 bits per heavy atom. The Kier molecular flexibility index (Phi) is 24.5. The van der Waals surface area contributed by atoms with E-state index in [9.17, 15) is 14.3 Å². The van der Waals surface area contributed by atoms with Crippen molar-refractivity contribution >= 4 is 13.6 Å². The Hall–Kier alpha value is -0.460. The van der Waals surface area contributed by atoms with E-state index in [-0.39, 0.29) is 19.4 Å². The van der Waals surface area contributed by atoms with Crippen LogP contribution in [0.1, 0.15) is 123 Å². The molecule has 0 aliphatic heterocycles. The van der Waals surface area contributed by atoms with Crippen LogP contribution in [0.15, 0.2) is 0 Å². The molecule has 0 heterocycles. The zero-order valence-corrected chi connectivity index (χ0v) is 24.9. The number of nitrogens with zero attached hydrogens (tertiary/aromatic N) is 1. The van der Waals surface area contributed by atoms with Gasteiger partial charge in [0.1, 0.15) is 6.10 Å². The molecule has 0 aromatic heterocycles. The molecule has 7 nitrogen and oxygen atoms in total. The van der Waals surface area contributed by atoms with E-state index in [1.54, 1.807) is 0 Å². The molecule has 0 radical (unpaired) electrons. The number of esters is 1. The lowest BCUT2D eigenvalue weighted by molar-refractivity contribution is -0.151. The van der Waals surface area contributed by atoms with Crippen LogP contribution in [-0.2, 0) is 23.4 Å². The van der Waals surface area contributed by atoms with Crippen LogP contribution in [0, 0.1) is 0 Å². The molecule has 0 aromatic rings. The minimum atomic E-state index is -3.70. The van der Waals surface area contributed by atoms with E-state index in [0.717, 1.165) is 12.8 Å². The summed E-state index contributed by atoms with van der Waals surface area (Å²) in [6.07, 6.45) is 21.2. The predicted octanol–water partition coefficient (Wildman–Crippen LogP) is 7.35. The fourth-order valence-electron chi connectivity index (χ4n) is 4.17. The number of unbranched alkanes of at least 4 members (excludes halogenated alkanes) is 15. The van der Waals surface area contributed by atoms with Gasteiger partial charge < -0.3 is 23.8 Å². The molecule has 0 amide bonds. The molecule has 0 spiro atoms. The smallest absolute Gasteiger partial charge is 0.328 e. The van der Waals surface area contributed by atoms with Crippen molar-refractivity contribution in [2.75, 3.05) is 46.6 Å². The Balaban J connectivity index is 3.65. The largest absolute Gasteiger partial charge is 0.458 e. The number of hydrogen-bond donors (Lipinski definition) is 1. The van der Waals surface area contributed by atoms with Gasteiger partial charge in [-0.05, 0) is 33.5 Å². The molecule has 2 atom stereocenters. The first kappa shape index (κ1) is 35.5. The quantitative estimate of drug-likeness (QED) is 0.0668. The van der Waals surface area contributed by atoms with Gasteiger partial charge in [0.05, 0.1) is 19.4 Å². The van der Waals surface area contributed by atoms with Gasteiger partial charge in [0, 0.05) is 13.5 Å². The van der Waals surface area contributed by atoms with Gasteiger partial charge in [0.25, 0.3) is 0 Å². The second-order valence-corrected chi connectivity index (χ2v) is 12.4. The van der Waals surface area contributed by atoms with Crippen LogP contribution in [0.3, 0.4) is 0 Å². The van der Waals surface area contributed by atoms with E-state index in [2.05, 4.69) is 6.92 Å². The summed E-state index contributed by atoms with van der Waals surface area (Å²) >= 11 is 0. The maximum absolute atomic E-state index is 12.2. The van der Waals surface area contributed by atoms with E-state index < -0.39 is 19.7 Å². The standard InChI is InChI=1S/C28H58NO6P/c1-5-6-7-8-9-10-11-12-13-14-15-16-17-18-19-20-23-33-25-28(35-27(2)30)26-34-36(31,32)24-21-22-29(3)4/h28H,5-26H2,1-4H3,(H,31,32). The maximum Gasteiger partial charge on any atom is 0.328 e. The molecular weight excluding hydrogens is 477 g/mol. The average molecular weight is 536 g/mol. The van der Waals surface area contributed by atoms with Gasteiger partial charge >= 0.3 is 13.6 Å². The molecule has 2 unspecified atom stereocenters. The highest BCUT2D eigenvalue weighted by Crippen LogP contribution is 2.42. The molecular formula is C28H58NO6P. The first-order chi connectivity index (χ1) is 17.3. The Morgan fingerprint density at radius 2 is 1.25 bits per heavy atom. The lowest BCUT2D eigenvalue weighted by Crippen LogP contribution is -2.27. The number of carbonyl (C=O) groups excluding carboxylic acids is 1. The molecule has 216 valence electrons. The van der Waals surface area contributed by atoms with Gasteiger partial charge in [-0.3, -0.25) is 9.36 Å². The molecule has 1 N–H and O–H groups in total. The highest BCUT2D eigenvalue weighted by Gasteiger charge is 2.23. The van der Waals surface area contributed by atoms with Gasteiger partial charge in [0.15, 0.2) is 0 Å². The first-order valence-corrected chi connectivity index (χ1v) is 16.4. The van der Waals surface area contributed by atoms with Gasteiger partial charge in [-0.15, -0.1) is 0 Å². The summed E-state index contributed by atoms with van der Waals surface area (Å²) in [5, 5.41) is 0. The fraction of sp³-hybridized carbons (Fsp3) is 0.964. The van der Waals surface area contributed by atoms with Crippen molar-refractivity contribution in [3.8, 4) is 0 Å². The summed E-state index contributed by atoms with van der Waals surface area (Å²) in [5.41, 5.74) is 0. The lowest BCUT2D eigenvalue weighted by Gasteiger charge is -2.20. The first-order valence-electron chi connectivity index (χ1n) is 14.6. The van der Waals surface area contributed by atoms with Gasteiger partial charge in [0.2, 0.25) is 0 Å². The summed E-state index contributed by atoms with van der Waals surface area (Å²) in [7, 11) is 0.129. The molecule has 0 saturated heterocycles. The SMILES string of the molecule is CCCCCCCCCCCCCCCCCCOCC(COP(=O)(O)CCCN(C)C)OC(C)=O. The van der Waals surface area contributed by atoms with Gasteiger partial charge in [-0.1, -0.05) is 103 Å². The fourth-order valence-corrected chi connectivity index (χ4v) is 5.24. The summed E-state index contributed by atoms with van der Waals surface area (Å²) in [6.45, 7) is 4.94. The van der Waals surface area contributed by atoms with Crippen LogP contribution < -0.4 is 0 Å². The lowest BCUT2D eigenvalue weighted by atomic mass is 10.0. The van der Waals surface area contributed by atoms with Crippen LogP contribution in [0.4, 0.5) is 0 Å². The minimum Gasteiger partial charge on any atom is -0.458 e. The molecule has 0 aromatic carbocycles. The van der Waals surface area contributed by atoms with E-state index in [1.807, 2.05) is 19.0 Å². The second kappa shape index (κ2) is 24.9. The summed E-state index contributed by atoms with van der Waals surface area (Å²) in [6, 6.07) is 0. The third-order valence-electron chi connectivity index (χ3n) is 6.29. The number of rotatable bonds is 27. The van der Waals surface area contributed by atoms with Crippen molar-refractivity contribution in [3.05, 3.63) is 0 Å². The molecule has 0 rings (SSSR count). The van der Waals surface area contributed by atoms with Gasteiger partial charge in [-0.2, -0.15) is 0 Å². The maximum atomic E-state index is 12.2. The van der Waals surface area contributed by atoms with Crippen molar-refractivity contribution in [1.29, 1.82) is 0 Å². The zero-order valence-electron chi connectivity index (χ0n) is 24.0. The second-order valence-electron chi connectivity index (χ2n) is 10.4. The Labute approximate surface area is 222 Å². The summed E-state index contributed by atoms with van der Waals surface area (Å²) in [4.78, 5) is 23.3. The molecule has 0 fully saturated rings. The van der Waals surface area contributed by atoms with E-state index in [4.69, 9.17) is 14.0 Å². The van der Waals surface area contributed by atoms with Crippen LogP contribution in [0.2, 0.25) is 0 Å². The topological polar surface area (TPSA) is 85.3 Å². The summed E-state index contributed by atoms with van der Waals surface area (Å²) in [5.74, 6) is -0.449. The van der Waals surface area contributed by atoms with Crippen molar-refractivity contribution in [2.24, 2.45) is 0 Å². The number of hydrogen-bond acceptors (Lipinski definition) is 6. The molecule has 0 saturated carbocycles. The van der Waals surface area contributed by atoms with Crippen LogP contribution in [0.5, 0.6) is 0 Å². The average Bonchev–Trinajstić information content (AvgIpc) is 2.81. The van der Waals surface area contributed by atoms with Crippen molar-refractivity contribution < 1.29 is 28.3 Å². The molecule has 36 heavy (non-hydrogen) atoms. The molecule has 8 heteroatoms. The van der Waals surface area contributed by atoms with E-state index >= 15 is 0 Å². The van der Waals surface area contributed by atoms with E-state index in [0.29, 0.717) is 19.6 Å². The van der Waals surface area contributed by atoms with Crippen LogP contribution in [-0.4, -0.2) is 68.5 Å². The molecule has 0 aliphatic rings. The monoisotopic (exact) mass is 535 g/mol. The number of carbonyl (C=O) groups is 1. The molecule has 0 aliphatic carbocycles. The highest BCUT2D eigenvalue weighted by atomic mass is 31.2. The summed E-state index contributed by atoms with van der Waals surface area (Å²) < 4.78 is 28.2. The van der Waals surface area contributed by atoms with Crippen LogP contribution in [0.25, 0.3) is 0 Å². The normalized spacial score (nSPS) is 14.2. The number of ether oxygens (including phenoxy) is 2. The highest BCUT2D eigenvalue weighted by molar-refractivity contribution is 7.52. The third-order valence-corrected chi connectivity index (χ3v) is 7.72.